The number of aliphatic imine (C=N–C) groups is 1. The Morgan fingerprint density at radius 2 is 1.85 bits per heavy atom. The third-order valence-electron chi connectivity index (χ3n) is 3.91. The highest BCUT2D eigenvalue weighted by molar-refractivity contribution is 14.0. The number of benzene rings is 2. The lowest BCUT2D eigenvalue weighted by Crippen LogP contribution is -2.38. The van der Waals surface area contributed by atoms with Crippen LogP contribution in [0.5, 0.6) is 5.75 Å². The van der Waals surface area contributed by atoms with Crippen molar-refractivity contribution < 1.29 is 9.84 Å². The largest absolute Gasteiger partial charge is 0.496 e. The molecule has 27 heavy (non-hydrogen) atoms. The normalized spacial score (nSPS) is 12.1. The van der Waals surface area contributed by atoms with Crippen LogP contribution in [0.25, 0.3) is 0 Å². The molecule has 2 aromatic rings. The predicted molar refractivity (Wildman–Crippen MR) is 123 cm³/mol. The van der Waals surface area contributed by atoms with Gasteiger partial charge in [0.15, 0.2) is 5.96 Å². The molecule has 0 fully saturated rings. The first kappa shape index (κ1) is 23.5. The van der Waals surface area contributed by atoms with E-state index < -0.39 is 6.10 Å². The second-order valence-electron chi connectivity index (χ2n) is 5.75. The molecule has 2 aromatic carbocycles. The van der Waals surface area contributed by atoms with Crippen LogP contribution in [0.2, 0.25) is 5.02 Å². The van der Waals surface area contributed by atoms with Gasteiger partial charge in [0.05, 0.1) is 13.7 Å². The van der Waals surface area contributed by atoms with Gasteiger partial charge < -0.3 is 20.5 Å². The first-order valence-corrected chi connectivity index (χ1v) is 9.10. The Balaban J connectivity index is 0.00000364. The molecule has 0 saturated carbocycles. The lowest BCUT2D eigenvalue weighted by molar-refractivity contribution is 0.187. The molecular formula is C20H27ClIN3O2. The molecule has 0 aliphatic heterocycles. The molecule has 2 rings (SSSR count). The van der Waals surface area contributed by atoms with Gasteiger partial charge in [-0.05, 0) is 31.0 Å². The van der Waals surface area contributed by atoms with Crippen molar-refractivity contribution in [2.75, 3.05) is 26.7 Å². The van der Waals surface area contributed by atoms with Gasteiger partial charge in [-0.2, -0.15) is 0 Å². The summed E-state index contributed by atoms with van der Waals surface area (Å²) in [6.45, 7) is 3.67. The van der Waals surface area contributed by atoms with Crippen LogP contribution in [0.4, 0.5) is 0 Å². The fraction of sp³-hybridized carbons (Fsp3) is 0.350. The van der Waals surface area contributed by atoms with Gasteiger partial charge in [-0.1, -0.05) is 48.0 Å². The number of hydrogen-bond donors (Lipinski definition) is 3. The number of halogens is 2. The highest BCUT2D eigenvalue weighted by Crippen LogP contribution is 2.22. The molecule has 1 atom stereocenters. The summed E-state index contributed by atoms with van der Waals surface area (Å²) in [5, 5.41) is 17.3. The average Bonchev–Trinajstić information content (AvgIpc) is 2.66. The lowest BCUT2D eigenvalue weighted by atomic mass is 10.1. The summed E-state index contributed by atoms with van der Waals surface area (Å²) in [6, 6.07) is 15.2. The minimum atomic E-state index is -0.742. The molecule has 0 radical (unpaired) electrons. The van der Waals surface area contributed by atoms with Crippen LogP contribution in [0.15, 0.2) is 53.5 Å². The maximum Gasteiger partial charge on any atom is 0.191 e. The fourth-order valence-corrected chi connectivity index (χ4v) is 2.85. The first-order valence-electron chi connectivity index (χ1n) is 8.72. The highest BCUT2D eigenvalue weighted by Gasteiger charge is 2.11. The van der Waals surface area contributed by atoms with E-state index in [1.54, 1.807) is 13.2 Å². The van der Waals surface area contributed by atoms with Crippen molar-refractivity contribution in [1.82, 2.24) is 10.6 Å². The highest BCUT2D eigenvalue weighted by atomic mass is 127. The topological polar surface area (TPSA) is 65.9 Å². The van der Waals surface area contributed by atoms with Gasteiger partial charge in [0.1, 0.15) is 11.9 Å². The van der Waals surface area contributed by atoms with Gasteiger partial charge in [-0.25, -0.2) is 0 Å². The summed E-state index contributed by atoms with van der Waals surface area (Å²) < 4.78 is 5.37. The van der Waals surface area contributed by atoms with Crippen LogP contribution in [-0.2, 0) is 6.42 Å². The zero-order valence-corrected chi connectivity index (χ0v) is 18.7. The summed E-state index contributed by atoms with van der Waals surface area (Å²) in [7, 11) is 1.67. The Hall–Kier alpha value is -1.51. The van der Waals surface area contributed by atoms with E-state index in [1.807, 2.05) is 49.4 Å². The number of guanidine groups is 1. The SMILES string of the molecule is CCNC(=NCC(O)c1ccccc1Cl)NCCc1ccccc1OC.I. The standard InChI is InChI=1S/C20H26ClN3O2.HI/c1-3-22-20(23-13-12-15-8-4-7-11-19(15)26-2)24-14-18(25)16-9-5-6-10-17(16)21;/h4-11,18,25H,3,12-14H2,1-2H3,(H2,22,23,24);1H. The molecule has 0 amide bonds. The Kier molecular flexibility index (Phi) is 11.2. The molecule has 0 aromatic heterocycles. The Morgan fingerprint density at radius 3 is 2.56 bits per heavy atom. The Bertz CT molecular complexity index is 728. The number of methoxy groups -OCH3 is 1. The van der Waals surface area contributed by atoms with Gasteiger partial charge >= 0.3 is 0 Å². The zero-order chi connectivity index (χ0) is 18.8. The Morgan fingerprint density at radius 1 is 1.15 bits per heavy atom. The molecule has 3 N–H and O–H groups in total. The number of ether oxygens (including phenoxy) is 1. The summed E-state index contributed by atoms with van der Waals surface area (Å²) in [5.74, 6) is 1.54. The van der Waals surface area contributed by atoms with E-state index in [2.05, 4.69) is 15.6 Å². The molecular weight excluding hydrogens is 477 g/mol. The van der Waals surface area contributed by atoms with Crippen LogP contribution in [-0.4, -0.2) is 37.8 Å². The fourth-order valence-electron chi connectivity index (χ4n) is 2.59. The van der Waals surface area contributed by atoms with Crippen molar-refractivity contribution in [2.45, 2.75) is 19.4 Å². The van der Waals surface area contributed by atoms with E-state index in [-0.39, 0.29) is 30.5 Å². The van der Waals surface area contributed by atoms with E-state index in [1.165, 1.54) is 0 Å². The van der Waals surface area contributed by atoms with Gasteiger partial charge in [0, 0.05) is 23.7 Å². The number of rotatable bonds is 8. The van der Waals surface area contributed by atoms with Crippen molar-refractivity contribution in [3.05, 3.63) is 64.7 Å². The lowest BCUT2D eigenvalue weighted by Gasteiger charge is -2.14. The van der Waals surface area contributed by atoms with Gasteiger partial charge in [0.25, 0.3) is 0 Å². The number of nitrogens with one attached hydrogen (secondary N) is 2. The van der Waals surface area contributed by atoms with Crippen molar-refractivity contribution in [1.29, 1.82) is 0 Å². The molecule has 0 heterocycles. The second-order valence-corrected chi connectivity index (χ2v) is 6.15. The van der Waals surface area contributed by atoms with E-state index >= 15 is 0 Å². The number of para-hydroxylation sites is 1. The molecule has 0 spiro atoms. The molecule has 148 valence electrons. The van der Waals surface area contributed by atoms with Crippen molar-refractivity contribution >= 4 is 41.5 Å². The van der Waals surface area contributed by atoms with Crippen molar-refractivity contribution in [3.8, 4) is 5.75 Å². The molecule has 0 aliphatic carbocycles. The Labute approximate surface area is 183 Å². The summed E-state index contributed by atoms with van der Waals surface area (Å²) >= 11 is 6.12. The van der Waals surface area contributed by atoms with Crippen LogP contribution in [0.1, 0.15) is 24.2 Å². The van der Waals surface area contributed by atoms with Gasteiger partial charge in [-0.15, -0.1) is 24.0 Å². The quantitative estimate of drug-likeness (QED) is 0.291. The third-order valence-corrected chi connectivity index (χ3v) is 4.25. The number of aliphatic hydroxyl groups is 1. The van der Waals surface area contributed by atoms with E-state index in [9.17, 15) is 5.11 Å². The van der Waals surface area contributed by atoms with Gasteiger partial charge in [-0.3, -0.25) is 4.99 Å². The average molecular weight is 504 g/mol. The number of hydrogen-bond acceptors (Lipinski definition) is 3. The third kappa shape index (κ3) is 7.56. The number of nitrogens with zero attached hydrogens (tertiary/aromatic N) is 1. The summed E-state index contributed by atoms with van der Waals surface area (Å²) in [4.78, 5) is 4.46. The minimum absolute atomic E-state index is 0. The number of aliphatic hydroxyl groups excluding tert-OH is 1. The van der Waals surface area contributed by atoms with Crippen LogP contribution in [0, 0.1) is 0 Å². The molecule has 0 saturated heterocycles. The van der Waals surface area contributed by atoms with Crippen LogP contribution in [0.3, 0.4) is 0 Å². The van der Waals surface area contributed by atoms with E-state index in [0.29, 0.717) is 23.1 Å². The minimum Gasteiger partial charge on any atom is -0.496 e. The summed E-state index contributed by atoms with van der Waals surface area (Å²) in [6.07, 6.45) is 0.0648. The maximum absolute atomic E-state index is 10.3. The molecule has 1 unspecified atom stereocenters. The zero-order valence-electron chi connectivity index (χ0n) is 15.6. The van der Waals surface area contributed by atoms with E-state index in [4.69, 9.17) is 16.3 Å². The second kappa shape index (κ2) is 12.8. The maximum atomic E-state index is 10.3. The van der Waals surface area contributed by atoms with Crippen LogP contribution < -0.4 is 15.4 Å². The molecule has 7 heteroatoms. The van der Waals surface area contributed by atoms with Gasteiger partial charge in [0.2, 0.25) is 0 Å². The molecule has 0 aliphatic rings. The smallest absolute Gasteiger partial charge is 0.191 e. The summed E-state index contributed by atoms with van der Waals surface area (Å²) in [5.41, 5.74) is 1.82. The monoisotopic (exact) mass is 503 g/mol. The predicted octanol–water partition coefficient (Wildman–Crippen LogP) is 3.80. The first-order chi connectivity index (χ1) is 12.7. The van der Waals surface area contributed by atoms with E-state index in [0.717, 1.165) is 24.3 Å². The van der Waals surface area contributed by atoms with Crippen molar-refractivity contribution in [2.24, 2.45) is 4.99 Å². The van der Waals surface area contributed by atoms with Crippen molar-refractivity contribution in [3.63, 3.8) is 0 Å². The molecule has 5 nitrogen and oxygen atoms in total. The van der Waals surface area contributed by atoms with Crippen LogP contribution >= 0.6 is 35.6 Å². The molecule has 0 bridgehead atoms.